The van der Waals surface area contributed by atoms with Crippen molar-refractivity contribution in [1.82, 2.24) is 19.1 Å². The van der Waals surface area contributed by atoms with E-state index in [2.05, 4.69) is 22.6 Å². The van der Waals surface area contributed by atoms with Crippen molar-refractivity contribution in [3.05, 3.63) is 45.1 Å². The number of nitrogens with one attached hydrogen (secondary N) is 1. The zero-order valence-electron chi connectivity index (χ0n) is 13.7. The van der Waals surface area contributed by atoms with Gasteiger partial charge >= 0.3 is 5.69 Å². The topological polar surface area (TPSA) is 72.7 Å². The Morgan fingerprint density at radius 2 is 1.67 bits per heavy atom. The van der Waals surface area contributed by atoms with Gasteiger partial charge in [0.15, 0.2) is 5.65 Å². The Morgan fingerprint density at radius 1 is 1.04 bits per heavy atom. The molecule has 0 fully saturated rings. The van der Waals surface area contributed by atoms with Gasteiger partial charge in [-0.05, 0) is 25.0 Å². The third kappa shape index (κ3) is 2.80. The van der Waals surface area contributed by atoms with Gasteiger partial charge in [-0.25, -0.2) is 9.78 Å². The first-order valence-electron chi connectivity index (χ1n) is 8.09. The maximum atomic E-state index is 12.7. The van der Waals surface area contributed by atoms with Crippen LogP contribution >= 0.6 is 12.6 Å². The molecule has 0 aliphatic carbocycles. The first-order valence-corrected chi connectivity index (χ1v) is 8.54. The number of rotatable bonds is 5. The Bertz CT molecular complexity index is 983. The number of thiol groups is 1. The molecule has 0 saturated heterocycles. The van der Waals surface area contributed by atoms with E-state index in [9.17, 15) is 9.59 Å². The molecule has 1 N–H and O–H groups in total. The van der Waals surface area contributed by atoms with Crippen LogP contribution in [0.1, 0.15) is 26.7 Å². The molecule has 0 unspecified atom stereocenters. The number of nitrogens with zero attached hydrogens (tertiary/aromatic N) is 3. The van der Waals surface area contributed by atoms with Crippen molar-refractivity contribution in [2.24, 2.45) is 0 Å². The van der Waals surface area contributed by atoms with Crippen LogP contribution in [-0.2, 0) is 13.1 Å². The molecule has 2 aromatic heterocycles. The summed E-state index contributed by atoms with van der Waals surface area (Å²) < 4.78 is 2.87. The molecule has 0 aliphatic rings. The highest BCUT2D eigenvalue weighted by Crippen LogP contribution is 2.20. The van der Waals surface area contributed by atoms with E-state index < -0.39 is 0 Å². The van der Waals surface area contributed by atoms with Crippen molar-refractivity contribution in [2.45, 2.75) is 44.7 Å². The van der Waals surface area contributed by atoms with Crippen molar-refractivity contribution in [3.63, 3.8) is 0 Å². The molecule has 0 bridgehead atoms. The lowest BCUT2D eigenvalue weighted by Gasteiger charge is -2.09. The first kappa shape index (κ1) is 16.6. The highest BCUT2D eigenvalue weighted by Gasteiger charge is 2.17. The highest BCUT2D eigenvalue weighted by atomic mass is 32.1. The van der Waals surface area contributed by atoms with Gasteiger partial charge in [0, 0.05) is 23.5 Å². The predicted octanol–water partition coefficient (Wildman–Crippen LogP) is 2.66. The number of imidazole rings is 1. The Balaban J connectivity index is 2.29. The van der Waals surface area contributed by atoms with Gasteiger partial charge < -0.3 is 4.98 Å². The van der Waals surface area contributed by atoms with E-state index in [1.807, 2.05) is 38.1 Å². The zero-order valence-corrected chi connectivity index (χ0v) is 14.6. The largest absolute Gasteiger partial charge is 0.332 e. The molecule has 0 aliphatic heterocycles. The number of benzene rings is 1. The summed E-state index contributed by atoms with van der Waals surface area (Å²) in [6.07, 6.45) is 1.51. The summed E-state index contributed by atoms with van der Waals surface area (Å²) in [5.41, 5.74) is 1.04. The van der Waals surface area contributed by atoms with E-state index in [-0.39, 0.29) is 11.2 Å². The molecule has 0 radical (unpaired) electrons. The SMILES string of the molecule is CCCn1c(=O)c2[nH]c(-c3ccc(S)cc3)nc2n(CCC)c1=O. The monoisotopic (exact) mass is 344 g/mol. The number of aromatic nitrogens is 4. The van der Waals surface area contributed by atoms with Crippen LogP contribution in [0, 0.1) is 0 Å². The van der Waals surface area contributed by atoms with Crippen LogP contribution in [0.15, 0.2) is 38.8 Å². The molecule has 1 aromatic carbocycles. The summed E-state index contributed by atoms with van der Waals surface area (Å²) in [6.45, 7) is 4.86. The van der Waals surface area contributed by atoms with Gasteiger partial charge in [0.1, 0.15) is 11.3 Å². The number of fused-ring (bicyclic) bond motifs is 1. The molecular weight excluding hydrogens is 324 g/mol. The molecule has 3 aromatic rings. The van der Waals surface area contributed by atoms with Gasteiger partial charge in [0.25, 0.3) is 5.56 Å². The van der Waals surface area contributed by atoms with Crippen LogP contribution < -0.4 is 11.2 Å². The summed E-state index contributed by atoms with van der Waals surface area (Å²) in [6, 6.07) is 7.49. The molecule has 0 saturated carbocycles. The highest BCUT2D eigenvalue weighted by molar-refractivity contribution is 7.80. The molecule has 126 valence electrons. The number of aromatic amines is 1. The lowest BCUT2D eigenvalue weighted by atomic mass is 10.2. The first-order chi connectivity index (χ1) is 11.6. The summed E-state index contributed by atoms with van der Waals surface area (Å²) in [5.74, 6) is 0.578. The minimum Gasteiger partial charge on any atom is -0.332 e. The Hall–Kier alpha value is -2.28. The second-order valence-electron chi connectivity index (χ2n) is 5.72. The molecule has 3 rings (SSSR count). The lowest BCUT2D eigenvalue weighted by molar-refractivity contribution is 0.555. The second-order valence-corrected chi connectivity index (χ2v) is 6.24. The fourth-order valence-electron chi connectivity index (χ4n) is 2.77. The number of H-pyrrole nitrogens is 1. The molecule has 2 heterocycles. The Kier molecular flexibility index (Phi) is 4.62. The van der Waals surface area contributed by atoms with Crippen LogP contribution in [0.25, 0.3) is 22.6 Å². The molecule has 6 nitrogen and oxygen atoms in total. The quantitative estimate of drug-likeness (QED) is 0.699. The molecule has 0 atom stereocenters. The number of hydrogen-bond acceptors (Lipinski definition) is 4. The summed E-state index contributed by atoms with van der Waals surface area (Å²) >= 11 is 4.28. The second kappa shape index (κ2) is 6.68. The molecular formula is C17H20N4O2S. The van der Waals surface area contributed by atoms with Gasteiger partial charge in [-0.1, -0.05) is 26.0 Å². The number of aryl methyl sites for hydroxylation is 1. The van der Waals surface area contributed by atoms with Gasteiger partial charge in [-0.15, -0.1) is 12.6 Å². The van der Waals surface area contributed by atoms with Gasteiger partial charge in [-0.3, -0.25) is 13.9 Å². The fraction of sp³-hybridized carbons (Fsp3) is 0.353. The maximum absolute atomic E-state index is 12.7. The van der Waals surface area contributed by atoms with Crippen molar-refractivity contribution in [2.75, 3.05) is 0 Å². The maximum Gasteiger partial charge on any atom is 0.332 e. The predicted molar refractivity (Wildman–Crippen MR) is 97.9 cm³/mol. The van der Waals surface area contributed by atoms with Crippen LogP contribution in [-0.4, -0.2) is 19.1 Å². The molecule has 7 heteroatoms. The summed E-state index contributed by atoms with van der Waals surface area (Å²) in [5, 5.41) is 0. The summed E-state index contributed by atoms with van der Waals surface area (Å²) in [7, 11) is 0. The normalized spacial score (nSPS) is 11.3. The van der Waals surface area contributed by atoms with Crippen molar-refractivity contribution >= 4 is 23.8 Å². The number of hydrogen-bond donors (Lipinski definition) is 2. The average molecular weight is 344 g/mol. The lowest BCUT2D eigenvalue weighted by Crippen LogP contribution is -2.40. The molecule has 24 heavy (non-hydrogen) atoms. The fourth-order valence-corrected chi connectivity index (χ4v) is 2.92. The van der Waals surface area contributed by atoms with E-state index in [0.717, 1.165) is 23.3 Å². The van der Waals surface area contributed by atoms with Crippen LogP contribution in [0.5, 0.6) is 0 Å². The van der Waals surface area contributed by atoms with Crippen molar-refractivity contribution in [1.29, 1.82) is 0 Å². The smallest absolute Gasteiger partial charge is 0.332 e. The molecule has 0 spiro atoms. The Labute approximate surface area is 144 Å². The van der Waals surface area contributed by atoms with Gasteiger partial charge in [0.05, 0.1) is 0 Å². The van der Waals surface area contributed by atoms with E-state index >= 15 is 0 Å². The van der Waals surface area contributed by atoms with Gasteiger partial charge in [0.2, 0.25) is 0 Å². The van der Waals surface area contributed by atoms with E-state index in [4.69, 9.17) is 0 Å². The van der Waals surface area contributed by atoms with E-state index in [1.165, 1.54) is 4.57 Å². The third-order valence-corrected chi connectivity index (χ3v) is 4.19. The van der Waals surface area contributed by atoms with Crippen molar-refractivity contribution < 1.29 is 0 Å². The Morgan fingerprint density at radius 3 is 2.29 bits per heavy atom. The average Bonchev–Trinajstić information content (AvgIpc) is 3.01. The third-order valence-electron chi connectivity index (χ3n) is 3.90. The minimum atomic E-state index is -0.311. The van der Waals surface area contributed by atoms with Crippen molar-refractivity contribution in [3.8, 4) is 11.4 Å². The van der Waals surface area contributed by atoms with Crippen LogP contribution in [0.2, 0.25) is 0 Å². The van der Waals surface area contributed by atoms with Crippen LogP contribution in [0.4, 0.5) is 0 Å². The molecule has 0 amide bonds. The van der Waals surface area contributed by atoms with Crippen LogP contribution in [0.3, 0.4) is 0 Å². The van der Waals surface area contributed by atoms with Gasteiger partial charge in [-0.2, -0.15) is 0 Å². The van der Waals surface area contributed by atoms with E-state index in [1.54, 1.807) is 4.57 Å². The summed E-state index contributed by atoms with van der Waals surface area (Å²) in [4.78, 5) is 33.8. The minimum absolute atomic E-state index is 0.292. The zero-order chi connectivity index (χ0) is 17.3. The van der Waals surface area contributed by atoms with E-state index in [0.29, 0.717) is 30.1 Å². The standard InChI is InChI=1S/C17H20N4O2S/c1-3-9-20-15-13(16(22)21(10-4-2)17(20)23)18-14(19-15)11-5-7-12(24)8-6-11/h5-8,24H,3-4,9-10H2,1-2H3,(H,18,19).